The zero-order valence-corrected chi connectivity index (χ0v) is 19.2. The lowest BCUT2D eigenvalue weighted by molar-refractivity contribution is -0.120. The van der Waals surface area contributed by atoms with Crippen molar-refractivity contribution >= 4 is 43.2 Å². The SMILES string of the molecule is C[C@H]1Cc2cc(Br)ccc2N1C(=O)COc1ccc(S(=O)(=O)Nc2ccccc2)cc1. The number of anilines is 2. The maximum Gasteiger partial charge on any atom is 0.265 e. The molecule has 1 aliphatic heterocycles. The van der Waals surface area contributed by atoms with Crippen LogP contribution >= 0.6 is 15.9 Å². The molecule has 3 aromatic rings. The van der Waals surface area contributed by atoms with Crippen molar-refractivity contribution in [1.29, 1.82) is 0 Å². The number of para-hydroxylation sites is 1. The first kappa shape index (κ1) is 21.4. The van der Waals surface area contributed by atoms with Gasteiger partial charge in [0.25, 0.3) is 15.9 Å². The van der Waals surface area contributed by atoms with E-state index in [1.165, 1.54) is 12.1 Å². The molecule has 4 rings (SSSR count). The van der Waals surface area contributed by atoms with Crippen molar-refractivity contribution in [2.75, 3.05) is 16.2 Å². The van der Waals surface area contributed by atoms with Crippen LogP contribution in [-0.2, 0) is 21.2 Å². The Hall–Kier alpha value is -2.84. The topological polar surface area (TPSA) is 75.7 Å². The molecule has 0 saturated carbocycles. The number of rotatable bonds is 6. The molecule has 1 amide bonds. The Bertz CT molecular complexity index is 1200. The van der Waals surface area contributed by atoms with Crippen molar-refractivity contribution < 1.29 is 17.9 Å². The van der Waals surface area contributed by atoms with E-state index in [0.29, 0.717) is 11.4 Å². The zero-order chi connectivity index (χ0) is 22.0. The van der Waals surface area contributed by atoms with Crippen LogP contribution in [0.1, 0.15) is 12.5 Å². The summed E-state index contributed by atoms with van der Waals surface area (Å²) in [4.78, 5) is 14.7. The highest BCUT2D eigenvalue weighted by Gasteiger charge is 2.31. The molecule has 0 bridgehead atoms. The summed E-state index contributed by atoms with van der Waals surface area (Å²) < 4.78 is 34.2. The molecular weight excluding hydrogens is 480 g/mol. The van der Waals surface area contributed by atoms with Gasteiger partial charge in [0.2, 0.25) is 0 Å². The summed E-state index contributed by atoms with van der Waals surface area (Å²) >= 11 is 3.47. The van der Waals surface area contributed by atoms with Crippen molar-refractivity contribution in [3.8, 4) is 5.75 Å². The van der Waals surface area contributed by atoms with E-state index in [9.17, 15) is 13.2 Å². The first-order valence-corrected chi connectivity index (χ1v) is 12.0. The van der Waals surface area contributed by atoms with Crippen molar-refractivity contribution in [2.45, 2.75) is 24.3 Å². The van der Waals surface area contributed by atoms with E-state index < -0.39 is 10.0 Å². The molecule has 0 saturated heterocycles. The van der Waals surface area contributed by atoms with Gasteiger partial charge in [-0.15, -0.1) is 0 Å². The number of halogens is 1. The minimum Gasteiger partial charge on any atom is -0.484 e. The van der Waals surface area contributed by atoms with Crippen LogP contribution in [0.5, 0.6) is 5.75 Å². The Balaban J connectivity index is 1.40. The fraction of sp³-hybridized carbons (Fsp3) is 0.174. The maximum atomic E-state index is 12.8. The number of ether oxygens (including phenoxy) is 1. The molecule has 3 aromatic carbocycles. The van der Waals surface area contributed by atoms with Gasteiger partial charge < -0.3 is 9.64 Å². The number of nitrogens with one attached hydrogen (secondary N) is 1. The van der Waals surface area contributed by atoms with Gasteiger partial charge in [-0.2, -0.15) is 0 Å². The van der Waals surface area contributed by atoms with Crippen LogP contribution in [0.2, 0.25) is 0 Å². The van der Waals surface area contributed by atoms with E-state index in [0.717, 1.165) is 22.1 Å². The number of hydrogen-bond donors (Lipinski definition) is 1. The van der Waals surface area contributed by atoms with Gasteiger partial charge in [-0.25, -0.2) is 8.42 Å². The molecule has 0 aromatic heterocycles. The number of fused-ring (bicyclic) bond motifs is 1. The zero-order valence-electron chi connectivity index (χ0n) is 16.8. The Kier molecular flexibility index (Phi) is 6.02. The molecule has 0 radical (unpaired) electrons. The number of amides is 1. The Labute approximate surface area is 190 Å². The standard InChI is InChI=1S/C23H21BrN2O4S/c1-16-13-17-14-18(24)7-12-22(17)26(16)23(27)15-30-20-8-10-21(11-9-20)31(28,29)25-19-5-3-2-4-6-19/h2-12,14,16,25H,13,15H2,1H3/t16-/m0/s1. The molecule has 0 unspecified atom stereocenters. The van der Waals surface area contributed by atoms with E-state index in [1.807, 2.05) is 31.2 Å². The number of hydrogen-bond acceptors (Lipinski definition) is 4. The Morgan fingerprint density at radius 2 is 1.81 bits per heavy atom. The van der Waals surface area contributed by atoms with Crippen molar-refractivity contribution in [1.82, 2.24) is 0 Å². The predicted molar refractivity (Wildman–Crippen MR) is 124 cm³/mol. The van der Waals surface area contributed by atoms with Crippen molar-refractivity contribution in [3.63, 3.8) is 0 Å². The molecule has 0 aliphatic carbocycles. The van der Waals surface area contributed by atoms with Gasteiger partial charge in [0, 0.05) is 21.9 Å². The summed E-state index contributed by atoms with van der Waals surface area (Å²) in [7, 11) is -3.70. The highest BCUT2D eigenvalue weighted by Crippen LogP contribution is 2.34. The van der Waals surface area contributed by atoms with Gasteiger partial charge in [0.1, 0.15) is 5.75 Å². The third kappa shape index (κ3) is 4.75. The number of benzene rings is 3. The Morgan fingerprint density at radius 3 is 2.52 bits per heavy atom. The second-order valence-corrected chi connectivity index (χ2v) is 9.92. The Morgan fingerprint density at radius 1 is 1.10 bits per heavy atom. The van der Waals surface area contributed by atoms with Gasteiger partial charge in [0.15, 0.2) is 6.61 Å². The molecule has 0 spiro atoms. The number of carbonyl (C=O) groups excluding carboxylic acids is 1. The number of sulfonamides is 1. The molecule has 8 heteroatoms. The summed E-state index contributed by atoms with van der Waals surface area (Å²) in [6, 6.07) is 20.6. The molecule has 1 aliphatic rings. The summed E-state index contributed by atoms with van der Waals surface area (Å²) in [6.45, 7) is 1.87. The third-order valence-electron chi connectivity index (χ3n) is 5.05. The summed E-state index contributed by atoms with van der Waals surface area (Å²) in [5.41, 5.74) is 2.51. The van der Waals surface area contributed by atoms with Crippen LogP contribution in [0.4, 0.5) is 11.4 Å². The van der Waals surface area contributed by atoms with Gasteiger partial charge in [-0.3, -0.25) is 9.52 Å². The van der Waals surface area contributed by atoms with Crippen LogP contribution < -0.4 is 14.4 Å². The third-order valence-corrected chi connectivity index (χ3v) is 6.94. The molecule has 1 atom stereocenters. The van der Waals surface area contributed by atoms with E-state index >= 15 is 0 Å². The van der Waals surface area contributed by atoms with Crippen LogP contribution in [0.15, 0.2) is 82.2 Å². The molecule has 1 N–H and O–H groups in total. The second kappa shape index (κ2) is 8.72. The average molecular weight is 501 g/mol. The van der Waals surface area contributed by atoms with E-state index in [-0.39, 0.29) is 23.5 Å². The molecule has 1 heterocycles. The first-order chi connectivity index (χ1) is 14.8. The first-order valence-electron chi connectivity index (χ1n) is 9.75. The molecular formula is C23H21BrN2O4S. The van der Waals surface area contributed by atoms with Gasteiger partial charge in [-0.1, -0.05) is 34.1 Å². The molecule has 0 fully saturated rings. The fourth-order valence-corrected chi connectivity index (χ4v) is 5.10. The van der Waals surface area contributed by atoms with Crippen LogP contribution in [-0.4, -0.2) is 27.0 Å². The van der Waals surface area contributed by atoms with Crippen LogP contribution in [0.3, 0.4) is 0 Å². The van der Waals surface area contributed by atoms with Crippen molar-refractivity contribution in [2.24, 2.45) is 0 Å². The molecule has 31 heavy (non-hydrogen) atoms. The lowest BCUT2D eigenvalue weighted by Crippen LogP contribution is -2.39. The normalized spacial score (nSPS) is 15.4. The molecule has 6 nitrogen and oxygen atoms in total. The quantitative estimate of drug-likeness (QED) is 0.536. The fourth-order valence-electron chi connectivity index (χ4n) is 3.63. The minimum absolute atomic E-state index is 0.0528. The van der Waals surface area contributed by atoms with E-state index in [1.54, 1.807) is 41.3 Å². The summed E-state index contributed by atoms with van der Waals surface area (Å²) in [5.74, 6) is 0.283. The monoisotopic (exact) mass is 500 g/mol. The minimum atomic E-state index is -3.70. The average Bonchev–Trinajstić information content (AvgIpc) is 3.07. The highest BCUT2D eigenvalue weighted by molar-refractivity contribution is 9.10. The second-order valence-electron chi connectivity index (χ2n) is 7.32. The lowest BCUT2D eigenvalue weighted by atomic mass is 10.1. The van der Waals surface area contributed by atoms with Gasteiger partial charge >= 0.3 is 0 Å². The van der Waals surface area contributed by atoms with Gasteiger partial charge in [-0.05, 0) is 73.5 Å². The predicted octanol–water partition coefficient (Wildman–Crippen LogP) is 4.61. The summed E-state index contributed by atoms with van der Waals surface area (Å²) in [5, 5.41) is 0. The van der Waals surface area contributed by atoms with Crippen molar-refractivity contribution in [3.05, 3.63) is 82.8 Å². The maximum absolute atomic E-state index is 12.8. The highest BCUT2D eigenvalue weighted by atomic mass is 79.9. The summed E-state index contributed by atoms with van der Waals surface area (Å²) in [6.07, 6.45) is 0.793. The van der Waals surface area contributed by atoms with E-state index in [2.05, 4.69) is 20.7 Å². The van der Waals surface area contributed by atoms with Gasteiger partial charge in [0.05, 0.1) is 4.90 Å². The lowest BCUT2D eigenvalue weighted by Gasteiger charge is -2.22. The number of carbonyl (C=O) groups is 1. The molecule has 160 valence electrons. The smallest absolute Gasteiger partial charge is 0.265 e. The van der Waals surface area contributed by atoms with Crippen LogP contribution in [0.25, 0.3) is 0 Å². The van der Waals surface area contributed by atoms with Crippen LogP contribution in [0, 0.1) is 0 Å². The largest absolute Gasteiger partial charge is 0.484 e. The number of nitrogens with zero attached hydrogens (tertiary/aromatic N) is 1. The van der Waals surface area contributed by atoms with E-state index in [4.69, 9.17) is 4.74 Å².